The summed E-state index contributed by atoms with van der Waals surface area (Å²) in [4.78, 5) is 14.1. The van der Waals surface area contributed by atoms with Crippen molar-refractivity contribution in [3.8, 4) is 6.07 Å². The molecule has 3 nitrogen and oxygen atoms in total. The average Bonchev–Trinajstić information content (AvgIpc) is 2.41. The van der Waals surface area contributed by atoms with E-state index in [1.807, 2.05) is 6.07 Å². The minimum Gasteiger partial charge on any atom is -0.368 e. The quantitative estimate of drug-likeness (QED) is 0.762. The molecule has 1 aliphatic heterocycles. The largest absolute Gasteiger partial charge is 0.368 e. The van der Waals surface area contributed by atoms with Gasteiger partial charge < -0.3 is 4.90 Å². The van der Waals surface area contributed by atoms with E-state index in [1.54, 1.807) is 19.1 Å². The molecule has 0 aromatic heterocycles. The second kappa shape index (κ2) is 5.44. The highest BCUT2D eigenvalue weighted by molar-refractivity contribution is 6.00. The first-order chi connectivity index (χ1) is 9.04. The van der Waals surface area contributed by atoms with E-state index in [2.05, 4.69) is 24.8 Å². The molecule has 2 atom stereocenters. The maximum absolute atomic E-state index is 11.8. The van der Waals surface area contributed by atoms with Gasteiger partial charge in [0.1, 0.15) is 0 Å². The first-order valence-corrected chi connectivity index (χ1v) is 6.86. The van der Waals surface area contributed by atoms with Gasteiger partial charge in [0.25, 0.3) is 0 Å². The zero-order chi connectivity index (χ0) is 14.0. The highest BCUT2D eigenvalue weighted by atomic mass is 16.1. The maximum atomic E-state index is 11.8. The van der Waals surface area contributed by atoms with E-state index < -0.39 is 0 Å². The van der Waals surface area contributed by atoms with Crippen molar-refractivity contribution in [1.29, 1.82) is 5.26 Å². The number of Topliss-reactive ketones (excluding diaryl/α,β-unsaturated/α-hetero) is 1. The third-order valence-corrected chi connectivity index (χ3v) is 4.19. The van der Waals surface area contributed by atoms with E-state index in [9.17, 15) is 4.79 Å². The van der Waals surface area contributed by atoms with Crippen LogP contribution in [-0.4, -0.2) is 18.4 Å². The first kappa shape index (κ1) is 13.6. The third kappa shape index (κ3) is 2.63. The lowest BCUT2D eigenvalue weighted by Gasteiger charge is -2.40. The van der Waals surface area contributed by atoms with Gasteiger partial charge in [-0.2, -0.15) is 5.26 Å². The van der Waals surface area contributed by atoms with Gasteiger partial charge in [-0.3, -0.25) is 4.79 Å². The number of nitrogens with zero attached hydrogens (tertiary/aromatic N) is 2. The van der Waals surface area contributed by atoms with Crippen LogP contribution in [0.25, 0.3) is 0 Å². The Morgan fingerprint density at radius 2 is 2.16 bits per heavy atom. The summed E-state index contributed by atoms with van der Waals surface area (Å²) >= 11 is 0. The van der Waals surface area contributed by atoms with Gasteiger partial charge >= 0.3 is 0 Å². The molecule has 1 saturated heterocycles. The van der Waals surface area contributed by atoms with Gasteiger partial charge in [-0.05, 0) is 50.8 Å². The topological polar surface area (TPSA) is 44.1 Å². The second-order valence-corrected chi connectivity index (χ2v) is 5.45. The minimum absolute atomic E-state index is 0.0601. The zero-order valence-corrected chi connectivity index (χ0v) is 11.8. The molecule has 19 heavy (non-hydrogen) atoms. The van der Waals surface area contributed by atoms with Gasteiger partial charge in [0.05, 0.1) is 11.6 Å². The number of carbonyl (C=O) groups is 1. The summed E-state index contributed by atoms with van der Waals surface area (Å²) in [5.41, 5.74) is 2.26. The number of piperidine rings is 1. The fourth-order valence-electron chi connectivity index (χ4n) is 2.81. The monoisotopic (exact) mass is 256 g/mol. The predicted molar refractivity (Wildman–Crippen MR) is 76.4 cm³/mol. The molecule has 0 spiro atoms. The molecule has 1 heterocycles. The van der Waals surface area contributed by atoms with E-state index in [4.69, 9.17) is 5.26 Å². The molecule has 1 aliphatic rings. The molecule has 0 amide bonds. The highest BCUT2D eigenvalue weighted by Crippen LogP contribution is 2.31. The van der Waals surface area contributed by atoms with Gasteiger partial charge in [-0.1, -0.05) is 6.92 Å². The van der Waals surface area contributed by atoms with Crippen molar-refractivity contribution in [3.05, 3.63) is 29.3 Å². The Hall–Kier alpha value is -1.82. The highest BCUT2D eigenvalue weighted by Gasteiger charge is 2.27. The summed E-state index contributed by atoms with van der Waals surface area (Å²) in [7, 11) is 0. The van der Waals surface area contributed by atoms with Crippen molar-refractivity contribution < 1.29 is 4.79 Å². The molecule has 2 unspecified atom stereocenters. The van der Waals surface area contributed by atoms with E-state index in [0.29, 0.717) is 17.5 Å². The molecule has 3 heteroatoms. The van der Waals surface area contributed by atoms with Crippen LogP contribution in [0.1, 0.15) is 49.5 Å². The summed E-state index contributed by atoms with van der Waals surface area (Å²) in [5.74, 6) is 0.671. The molecule has 0 aliphatic carbocycles. The van der Waals surface area contributed by atoms with E-state index in [0.717, 1.165) is 24.2 Å². The summed E-state index contributed by atoms with van der Waals surface area (Å²) in [6.45, 7) is 6.99. The van der Waals surface area contributed by atoms with Gasteiger partial charge in [-0.25, -0.2) is 0 Å². The van der Waals surface area contributed by atoms with Crippen LogP contribution in [0.5, 0.6) is 0 Å². The Kier molecular flexibility index (Phi) is 3.90. The number of benzene rings is 1. The fraction of sp³-hybridized carbons (Fsp3) is 0.500. The van der Waals surface area contributed by atoms with Crippen LogP contribution in [0.3, 0.4) is 0 Å². The molecule has 0 N–H and O–H groups in total. The summed E-state index contributed by atoms with van der Waals surface area (Å²) < 4.78 is 0. The lowest BCUT2D eigenvalue weighted by Crippen LogP contribution is -2.43. The second-order valence-electron chi connectivity index (χ2n) is 5.45. The van der Waals surface area contributed by atoms with Crippen molar-refractivity contribution in [2.24, 2.45) is 5.92 Å². The molecule has 0 radical (unpaired) electrons. The van der Waals surface area contributed by atoms with E-state index >= 15 is 0 Å². The smallest absolute Gasteiger partial charge is 0.161 e. The van der Waals surface area contributed by atoms with Crippen molar-refractivity contribution in [3.63, 3.8) is 0 Å². The van der Waals surface area contributed by atoms with Gasteiger partial charge in [0, 0.05) is 23.8 Å². The van der Waals surface area contributed by atoms with Crippen LogP contribution in [0.4, 0.5) is 5.69 Å². The Labute approximate surface area is 114 Å². The van der Waals surface area contributed by atoms with Crippen molar-refractivity contribution in [2.45, 2.75) is 39.7 Å². The maximum Gasteiger partial charge on any atom is 0.161 e. The molecule has 0 saturated carbocycles. The predicted octanol–water partition coefficient (Wildman–Crippen LogP) is 3.39. The lowest BCUT2D eigenvalue weighted by atomic mass is 9.90. The van der Waals surface area contributed by atoms with Crippen LogP contribution in [0, 0.1) is 17.2 Å². The third-order valence-electron chi connectivity index (χ3n) is 4.19. The van der Waals surface area contributed by atoms with Crippen LogP contribution in [-0.2, 0) is 0 Å². The lowest BCUT2D eigenvalue weighted by molar-refractivity contribution is 0.101. The number of rotatable bonds is 2. The summed E-state index contributed by atoms with van der Waals surface area (Å²) in [6, 6.07) is 7.92. The molecule has 1 aromatic carbocycles. The van der Waals surface area contributed by atoms with E-state index in [1.165, 1.54) is 6.42 Å². The average molecular weight is 256 g/mol. The van der Waals surface area contributed by atoms with Crippen LogP contribution < -0.4 is 4.90 Å². The standard InChI is InChI=1S/C16H20N2O/c1-11-5-4-8-18(12(11)2)16-9-14(10-17)6-7-15(16)13(3)19/h6-7,9,11-12H,4-5,8H2,1-3H3. The first-order valence-electron chi connectivity index (χ1n) is 6.86. The van der Waals surface area contributed by atoms with E-state index in [-0.39, 0.29) is 5.78 Å². The van der Waals surface area contributed by atoms with Crippen LogP contribution in [0.15, 0.2) is 18.2 Å². The molecule has 0 bridgehead atoms. The Bertz CT molecular complexity index is 530. The van der Waals surface area contributed by atoms with Crippen LogP contribution >= 0.6 is 0 Å². The molecule has 1 fully saturated rings. The number of hydrogen-bond donors (Lipinski definition) is 0. The van der Waals surface area contributed by atoms with Crippen molar-refractivity contribution in [1.82, 2.24) is 0 Å². The number of carbonyl (C=O) groups excluding carboxylic acids is 1. The molecular weight excluding hydrogens is 236 g/mol. The Morgan fingerprint density at radius 1 is 1.42 bits per heavy atom. The Balaban J connectivity index is 2.47. The SMILES string of the molecule is CC(=O)c1ccc(C#N)cc1N1CCCC(C)C1C. The normalized spacial score (nSPS) is 22.9. The molecule has 2 rings (SSSR count). The molecular formula is C16H20N2O. The Morgan fingerprint density at radius 3 is 2.79 bits per heavy atom. The van der Waals surface area contributed by atoms with Crippen molar-refractivity contribution >= 4 is 11.5 Å². The van der Waals surface area contributed by atoms with Crippen molar-refractivity contribution in [2.75, 3.05) is 11.4 Å². The fourth-order valence-corrected chi connectivity index (χ4v) is 2.81. The number of hydrogen-bond acceptors (Lipinski definition) is 3. The van der Waals surface area contributed by atoms with Gasteiger partial charge in [0.15, 0.2) is 5.78 Å². The molecule has 100 valence electrons. The number of nitriles is 1. The summed E-state index contributed by atoms with van der Waals surface area (Å²) in [5, 5.41) is 9.05. The minimum atomic E-state index is 0.0601. The van der Waals surface area contributed by atoms with Gasteiger partial charge in [0.2, 0.25) is 0 Å². The summed E-state index contributed by atoms with van der Waals surface area (Å²) in [6.07, 6.45) is 2.37. The number of ketones is 1. The zero-order valence-electron chi connectivity index (χ0n) is 11.8. The van der Waals surface area contributed by atoms with Crippen LogP contribution in [0.2, 0.25) is 0 Å². The van der Waals surface area contributed by atoms with Gasteiger partial charge in [-0.15, -0.1) is 0 Å². The number of anilines is 1. The molecule has 1 aromatic rings.